The van der Waals surface area contributed by atoms with Gasteiger partial charge in [-0.25, -0.2) is 14.2 Å². The first-order valence-electron chi connectivity index (χ1n) is 5.21. The molecule has 2 rings (SSSR count). The third-order valence-corrected chi connectivity index (χ3v) is 2.36. The van der Waals surface area contributed by atoms with Gasteiger partial charge in [0.25, 0.3) is 5.88 Å². The highest BCUT2D eigenvalue weighted by molar-refractivity contribution is 5.90. The third-order valence-electron chi connectivity index (χ3n) is 2.36. The first kappa shape index (κ1) is 12.7. The lowest BCUT2D eigenvalue weighted by atomic mass is 10.2. The highest BCUT2D eigenvalue weighted by Gasteiger charge is 2.15. The van der Waals surface area contributed by atoms with E-state index in [1.54, 1.807) is 0 Å². The number of nitrogens with zero attached hydrogens (tertiary/aromatic N) is 2. The Morgan fingerprint density at radius 3 is 2.89 bits per heavy atom. The van der Waals surface area contributed by atoms with E-state index in [0.29, 0.717) is 0 Å². The fourth-order valence-electron chi connectivity index (χ4n) is 1.41. The predicted octanol–water partition coefficient (Wildman–Crippen LogP) is 1.41. The fraction of sp³-hybridized carbons (Fsp3) is 0.0833. The van der Waals surface area contributed by atoms with Gasteiger partial charge in [-0.15, -0.1) is 0 Å². The molecule has 0 atom stereocenters. The van der Waals surface area contributed by atoms with E-state index in [1.807, 2.05) is 0 Å². The van der Waals surface area contributed by atoms with E-state index in [-0.39, 0.29) is 17.2 Å². The second-order valence-electron chi connectivity index (χ2n) is 3.70. The van der Waals surface area contributed by atoms with Crippen molar-refractivity contribution in [3.63, 3.8) is 0 Å². The van der Waals surface area contributed by atoms with Gasteiger partial charge in [0.1, 0.15) is 17.1 Å². The summed E-state index contributed by atoms with van der Waals surface area (Å²) in [6.45, 7) is 0. The Morgan fingerprint density at radius 1 is 1.47 bits per heavy atom. The number of hydrogen-bond acceptors (Lipinski definition) is 4. The molecule has 0 spiro atoms. The molecule has 6 nitrogen and oxygen atoms in total. The molecule has 0 radical (unpaired) electrons. The van der Waals surface area contributed by atoms with Crippen molar-refractivity contribution in [2.24, 2.45) is 7.05 Å². The molecule has 2 aromatic rings. The zero-order valence-corrected chi connectivity index (χ0v) is 9.83. The van der Waals surface area contributed by atoms with E-state index in [1.165, 1.54) is 24.0 Å². The largest absolute Gasteiger partial charge is 0.478 e. The monoisotopic (exact) mass is 264 g/mol. The Bertz CT molecular complexity index is 696. The Labute approximate surface area is 106 Å². The minimum Gasteiger partial charge on any atom is -0.478 e. The second-order valence-corrected chi connectivity index (χ2v) is 3.70. The molecular weight excluding hydrogens is 255 g/mol. The molecule has 1 heterocycles. The summed E-state index contributed by atoms with van der Waals surface area (Å²) in [5, 5.41) is 8.94. The SMILES string of the molecule is Cn1ccnc(Oc2ccc(F)cc2C(=O)O)c1=O. The summed E-state index contributed by atoms with van der Waals surface area (Å²) in [4.78, 5) is 26.4. The van der Waals surface area contributed by atoms with Gasteiger partial charge >= 0.3 is 11.5 Å². The average Bonchev–Trinajstić information content (AvgIpc) is 2.36. The smallest absolute Gasteiger partial charge is 0.339 e. The van der Waals surface area contributed by atoms with Crippen molar-refractivity contribution in [2.75, 3.05) is 0 Å². The zero-order chi connectivity index (χ0) is 14.0. The van der Waals surface area contributed by atoms with E-state index in [4.69, 9.17) is 9.84 Å². The molecule has 7 heteroatoms. The summed E-state index contributed by atoms with van der Waals surface area (Å²) in [7, 11) is 1.50. The maximum atomic E-state index is 13.0. The molecule has 1 aromatic heterocycles. The summed E-state index contributed by atoms with van der Waals surface area (Å²) in [5.74, 6) is -2.50. The Balaban J connectivity index is 2.47. The van der Waals surface area contributed by atoms with Crippen molar-refractivity contribution < 1.29 is 19.0 Å². The van der Waals surface area contributed by atoms with Crippen molar-refractivity contribution >= 4 is 5.97 Å². The van der Waals surface area contributed by atoms with Crippen LogP contribution < -0.4 is 10.3 Å². The van der Waals surface area contributed by atoms with Gasteiger partial charge in [-0.3, -0.25) is 4.79 Å². The van der Waals surface area contributed by atoms with Crippen molar-refractivity contribution in [3.8, 4) is 11.6 Å². The molecule has 19 heavy (non-hydrogen) atoms. The van der Waals surface area contributed by atoms with Crippen LogP contribution in [0.5, 0.6) is 11.6 Å². The van der Waals surface area contributed by atoms with Crippen molar-refractivity contribution in [1.29, 1.82) is 0 Å². The quantitative estimate of drug-likeness (QED) is 0.906. The normalized spacial score (nSPS) is 10.2. The number of carboxylic acids is 1. The van der Waals surface area contributed by atoms with E-state index >= 15 is 0 Å². The Hall–Kier alpha value is -2.70. The lowest BCUT2D eigenvalue weighted by molar-refractivity contribution is 0.0693. The topological polar surface area (TPSA) is 81.4 Å². The van der Waals surface area contributed by atoms with E-state index in [9.17, 15) is 14.0 Å². The van der Waals surface area contributed by atoms with Crippen LogP contribution in [-0.2, 0) is 7.05 Å². The highest BCUT2D eigenvalue weighted by Crippen LogP contribution is 2.23. The maximum absolute atomic E-state index is 13.0. The zero-order valence-electron chi connectivity index (χ0n) is 9.83. The lowest BCUT2D eigenvalue weighted by Crippen LogP contribution is -2.18. The first-order chi connectivity index (χ1) is 8.99. The summed E-state index contributed by atoms with van der Waals surface area (Å²) < 4.78 is 19.4. The Morgan fingerprint density at radius 2 is 2.21 bits per heavy atom. The summed E-state index contributed by atoms with van der Waals surface area (Å²) >= 11 is 0. The molecular formula is C12H9FN2O4. The standard InChI is InChI=1S/C12H9FN2O4/c1-15-5-4-14-10(11(15)16)19-9-3-2-7(13)6-8(9)12(17)18/h2-6H,1H3,(H,17,18). The number of carbonyl (C=O) groups is 1. The summed E-state index contributed by atoms with van der Waals surface area (Å²) in [6.07, 6.45) is 2.76. The van der Waals surface area contributed by atoms with Crippen LogP contribution in [0.3, 0.4) is 0 Å². The highest BCUT2D eigenvalue weighted by atomic mass is 19.1. The third kappa shape index (κ3) is 2.59. The molecule has 1 aromatic carbocycles. The molecule has 1 N–H and O–H groups in total. The molecule has 0 saturated carbocycles. The minimum absolute atomic E-state index is 0.148. The van der Waals surface area contributed by atoms with Gasteiger partial charge in [-0.05, 0) is 18.2 Å². The number of halogens is 1. The van der Waals surface area contributed by atoms with Crippen LogP contribution in [0.25, 0.3) is 0 Å². The number of benzene rings is 1. The van der Waals surface area contributed by atoms with Gasteiger partial charge in [-0.1, -0.05) is 0 Å². The van der Waals surface area contributed by atoms with Crippen molar-refractivity contribution in [2.45, 2.75) is 0 Å². The van der Waals surface area contributed by atoms with Crippen molar-refractivity contribution in [1.82, 2.24) is 9.55 Å². The molecule has 0 aliphatic rings. The minimum atomic E-state index is -1.36. The predicted molar refractivity (Wildman–Crippen MR) is 62.9 cm³/mol. The number of carboxylic acid groups (broad SMARTS) is 1. The maximum Gasteiger partial charge on any atom is 0.339 e. The van der Waals surface area contributed by atoms with Gasteiger partial charge in [0, 0.05) is 19.4 Å². The Kier molecular flexibility index (Phi) is 3.28. The van der Waals surface area contributed by atoms with Gasteiger partial charge < -0.3 is 14.4 Å². The molecule has 0 saturated heterocycles. The van der Waals surface area contributed by atoms with Gasteiger partial charge in [0.05, 0.1) is 0 Å². The number of ether oxygens (including phenoxy) is 1. The summed E-state index contributed by atoms with van der Waals surface area (Å²) in [6, 6.07) is 2.98. The number of aryl methyl sites for hydroxylation is 1. The van der Waals surface area contributed by atoms with Gasteiger partial charge in [0.2, 0.25) is 0 Å². The number of aromatic nitrogens is 2. The number of rotatable bonds is 3. The van der Waals surface area contributed by atoms with Crippen LogP contribution in [0.15, 0.2) is 35.4 Å². The van der Waals surface area contributed by atoms with Gasteiger partial charge in [0.15, 0.2) is 0 Å². The van der Waals surface area contributed by atoms with E-state index in [0.717, 1.165) is 18.2 Å². The van der Waals surface area contributed by atoms with Crippen molar-refractivity contribution in [3.05, 3.63) is 52.3 Å². The summed E-state index contributed by atoms with van der Waals surface area (Å²) in [5.41, 5.74) is -0.907. The molecule has 0 fully saturated rings. The molecule has 98 valence electrons. The molecule has 0 amide bonds. The van der Waals surface area contributed by atoms with Crippen LogP contribution in [0.1, 0.15) is 10.4 Å². The first-order valence-corrected chi connectivity index (χ1v) is 5.21. The lowest BCUT2D eigenvalue weighted by Gasteiger charge is -2.07. The molecule has 0 aliphatic heterocycles. The van der Waals surface area contributed by atoms with E-state index in [2.05, 4.69) is 4.98 Å². The molecule has 0 bridgehead atoms. The van der Waals surface area contributed by atoms with Crippen LogP contribution in [-0.4, -0.2) is 20.6 Å². The van der Waals surface area contributed by atoms with Crippen LogP contribution >= 0.6 is 0 Å². The molecule has 0 unspecified atom stereocenters. The fourth-order valence-corrected chi connectivity index (χ4v) is 1.41. The number of aromatic carboxylic acids is 1. The molecule has 0 aliphatic carbocycles. The van der Waals surface area contributed by atoms with Crippen LogP contribution in [0, 0.1) is 5.82 Å². The average molecular weight is 264 g/mol. The van der Waals surface area contributed by atoms with Crippen LogP contribution in [0.4, 0.5) is 4.39 Å². The van der Waals surface area contributed by atoms with E-state index < -0.39 is 17.3 Å². The number of hydrogen-bond donors (Lipinski definition) is 1. The van der Waals surface area contributed by atoms with Gasteiger partial charge in [-0.2, -0.15) is 0 Å². The van der Waals surface area contributed by atoms with Crippen LogP contribution in [0.2, 0.25) is 0 Å². The second kappa shape index (κ2) is 4.89.